The SMILES string of the molecule is Cc1cc(=O)oc2c(C)c(OC(=O)c3cccc(S(=O)(=O)N(C)C)c3)ccc12. The highest BCUT2D eigenvalue weighted by Crippen LogP contribution is 2.29. The quantitative estimate of drug-likeness (QED) is 0.379. The van der Waals surface area contributed by atoms with E-state index < -0.39 is 21.6 Å². The second-order valence-corrected chi connectivity index (χ2v) is 8.67. The number of rotatable bonds is 4. The third-order valence-electron chi connectivity index (χ3n) is 4.37. The monoisotopic (exact) mass is 401 g/mol. The predicted molar refractivity (Wildman–Crippen MR) is 104 cm³/mol. The molecule has 0 unspecified atom stereocenters. The molecule has 0 saturated carbocycles. The number of ether oxygens (including phenoxy) is 1. The molecule has 7 nitrogen and oxygen atoms in total. The summed E-state index contributed by atoms with van der Waals surface area (Å²) >= 11 is 0. The van der Waals surface area contributed by atoms with E-state index in [1.165, 1.54) is 44.4 Å². The lowest BCUT2D eigenvalue weighted by molar-refractivity contribution is 0.0733. The van der Waals surface area contributed by atoms with Crippen molar-refractivity contribution in [2.24, 2.45) is 0 Å². The van der Waals surface area contributed by atoms with Gasteiger partial charge in [0.15, 0.2) is 0 Å². The molecule has 1 aromatic heterocycles. The van der Waals surface area contributed by atoms with Crippen molar-refractivity contribution >= 4 is 27.0 Å². The molecule has 0 N–H and O–H groups in total. The molecule has 0 aliphatic heterocycles. The first-order valence-electron chi connectivity index (χ1n) is 8.40. The normalized spacial score (nSPS) is 11.8. The molecule has 146 valence electrons. The zero-order chi connectivity index (χ0) is 20.6. The van der Waals surface area contributed by atoms with E-state index >= 15 is 0 Å². The fourth-order valence-corrected chi connectivity index (χ4v) is 3.71. The number of carbonyl (C=O) groups excluding carboxylic acids is 1. The number of esters is 1. The minimum absolute atomic E-state index is 0.0104. The highest BCUT2D eigenvalue weighted by molar-refractivity contribution is 7.89. The third kappa shape index (κ3) is 3.56. The second kappa shape index (κ2) is 7.21. The lowest BCUT2D eigenvalue weighted by Crippen LogP contribution is -2.22. The van der Waals surface area contributed by atoms with Crippen LogP contribution in [-0.4, -0.2) is 32.8 Å². The van der Waals surface area contributed by atoms with Gasteiger partial charge in [-0.25, -0.2) is 22.3 Å². The van der Waals surface area contributed by atoms with Gasteiger partial charge in [-0.15, -0.1) is 0 Å². The zero-order valence-electron chi connectivity index (χ0n) is 15.8. The minimum Gasteiger partial charge on any atom is -0.423 e. The fourth-order valence-electron chi connectivity index (χ4n) is 2.76. The molecule has 0 spiro atoms. The Kier molecular flexibility index (Phi) is 5.10. The Morgan fingerprint density at radius 2 is 1.79 bits per heavy atom. The lowest BCUT2D eigenvalue weighted by atomic mass is 10.1. The Morgan fingerprint density at radius 3 is 2.46 bits per heavy atom. The van der Waals surface area contributed by atoms with Crippen LogP contribution in [0.2, 0.25) is 0 Å². The van der Waals surface area contributed by atoms with E-state index in [1.807, 2.05) is 0 Å². The Hall–Kier alpha value is -2.97. The number of benzene rings is 2. The zero-order valence-corrected chi connectivity index (χ0v) is 16.7. The smallest absolute Gasteiger partial charge is 0.343 e. The summed E-state index contributed by atoms with van der Waals surface area (Å²) in [5.74, 6) is -0.486. The van der Waals surface area contributed by atoms with Crippen molar-refractivity contribution in [3.05, 3.63) is 69.6 Å². The molecule has 0 radical (unpaired) electrons. The molecule has 1 heterocycles. The standard InChI is InChI=1S/C20H19NO6S/c1-12-10-18(22)27-19-13(2)17(9-8-16(12)19)26-20(23)14-6-5-7-15(11-14)28(24,25)21(3)4/h5-11H,1-4H3. The lowest BCUT2D eigenvalue weighted by Gasteiger charge is -2.13. The molecule has 28 heavy (non-hydrogen) atoms. The van der Waals surface area contributed by atoms with Crippen LogP contribution in [0.4, 0.5) is 0 Å². The van der Waals surface area contributed by atoms with Gasteiger partial charge in [0, 0.05) is 31.1 Å². The summed E-state index contributed by atoms with van der Waals surface area (Å²) in [6.45, 7) is 3.47. The van der Waals surface area contributed by atoms with E-state index in [-0.39, 0.29) is 16.2 Å². The van der Waals surface area contributed by atoms with Crippen molar-refractivity contribution in [1.29, 1.82) is 0 Å². The van der Waals surface area contributed by atoms with Crippen LogP contribution >= 0.6 is 0 Å². The highest BCUT2D eigenvalue weighted by atomic mass is 32.2. The average Bonchev–Trinajstić information content (AvgIpc) is 2.64. The topological polar surface area (TPSA) is 93.9 Å². The van der Waals surface area contributed by atoms with Crippen molar-refractivity contribution in [2.45, 2.75) is 18.7 Å². The van der Waals surface area contributed by atoms with Gasteiger partial charge in [-0.1, -0.05) is 6.07 Å². The third-order valence-corrected chi connectivity index (χ3v) is 6.18. The summed E-state index contributed by atoms with van der Waals surface area (Å²) < 4.78 is 36.3. The van der Waals surface area contributed by atoms with Crippen LogP contribution in [0.3, 0.4) is 0 Å². The first-order chi connectivity index (χ1) is 13.1. The van der Waals surface area contributed by atoms with Gasteiger partial charge in [-0.2, -0.15) is 0 Å². The molecule has 0 saturated heterocycles. The minimum atomic E-state index is -3.68. The van der Waals surface area contributed by atoms with Gasteiger partial charge >= 0.3 is 11.6 Å². The van der Waals surface area contributed by atoms with Crippen molar-refractivity contribution in [3.63, 3.8) is 0 Å². The maximum Gasteiger partial charge on any atom is 0.343 e. The number of carbonyl (C=O) groups is 1. The average molecular weight is 401 g/mol. The van der Waals surface area contributed by atoms with Crippen LogP contribution in [-0.2, 0) is 10.0 Å². The summed E-state index contributed by atoms with van der Waals surface area (Å²) in [4.78, 5) is 24.2. The van der Waals surface area contributed by atoms with Crippen LogP contribution < -0.4 is 10.4 Å². The van der Waals surface area contributed by atoms with Crippen molar-refractivity contribution < 1.29 is 22.4 Å². The van der Waals surface area contributed by atoms with Gasteiger partial charge < -0.3 is 9.15 Å². The highest BCUT2D eigenvalue weighted by Gasteiger charge is 2.20. The van der Waals surface area contributed by atoms with Gasteiger partial charge in [0.05, 0.1) is 10.5 Å². The molecule has 0 amide bonds. The fraction of sp³-hybridized carbons (Fsp3) is 0.200. The molecule has 0 atom stereocenters. The first kappa shape index (κ1) is 19.8. The van der Waals surface area contributed by atoms with E-state index in [0.29, 0.717) is 11.1 Å². The molecule has 2 aromatic carbocycles. The maximum atomic E-state index is 12.6. The summed E-state index contributed by atoms with van der Waals surface area (Å²) in [5, 5.41) is 0.746. The number of fused-ring (bicyclic) bond motifs is 1. The molecular weight excluding hydrogens is 382 g/mol. The van der Waals surface area contributed by atoms with Crippen molar-refractivity contribution in [3.8, 4) is 5.75 Å². The molecule has 0 aliphatic carbocycles. The molecule has 0 fully saturated rings. The first-order valence-corrected chi connectivity index (χ1v) is 9.84. The Balaban J connectivity index is 1.98. The van der Waals surface area contributed by atoms with Gasteiger partial charge in [-0.3, -0.25) is 0 Å². The van der Waals surface area contributed by atoms with Crippen LogP contribution in [0.1, 0.15) is 21.5 Å². The van der Waals surface area contributed by atoms with Crippen LogP contribution in [0.15, 0.2) is 56.6 Å². The number of hydrogen-bond acceptors (Lipinski definition) is 6. The largest absolute Gasteiger partial charge is 0.423 e. The number of aryl methyl sites for hydroxylation is 2. The Morgan fingerprint density at radius 1 is 1.07 bits per heavy atom. The maximum absolute atomic E-state index is 12.6. The van der Waals surface area contributed by atoms with E-state index in [2.05, 4.69) is 0 Å². The van der Waals surface area contributed by atoms with E-state index in [4.69, 9.17) is 9.15 Å². The van der Waals surface area contributed by atoms with Crippen LogP contribution in [0.5, 0.6) is 5.75 Å². The summed E-state index contributed by atoms with van der Waals surface area (Å²) in [6, 6.07) is 10.3. The van der Waals surface area contributed by atoms with Gasteiger partial charge in [-0.05, 0) is 49.7 Å². The van der Waals surface area contributed by atoms with Gasteiger partial charge in [0.2, 0.25) is 10.0 Å². The van der Waals surface area contributed by atoms with Gasteiger partial charge in [0.1, 0.15) is 11.3 Å². The molecular formula is C20H19NO6S. The molecule has 3 rings (SSSR count). The number of sulfonamides is 1. The predicted octanol–water partition coefficient (Wildman–Crippen LogP) is 2.88. The summed E-state index contributed by atoms with van der Waals surface area (Å²) in [5.41, 5.74) is 1.21. The summed E-state index contributed by atoms with van der Waals surface area (Å²) in [7, 11) is -0.854. The number of hydrogen-bond donors (Lipinski definition) is 0. The van der Waals surface area contributed by atoms with E-state index in [0.717, 1.165) is 15.3 Å². The Labute approximate surface area is 162 Å². The van der Waals surface area contributed by atoms with E-state index in [9.17, 15) is 18.0 Å². The van der Waals surface area contributed by atoms with E-state index in [1.54, 1.807) is 26.0 Å². The van der Waals surface area contributed by atoms with Gasteiger partial charge in [0.25, 0.3) is 0 Å². The second-order valence-electron chi connectivity index (χ2n) is 6.52. The molecule has 0 aliphatic rings. The number of nitrogens with zero attached hydrogens (tertiary/aromatic N) is 1. The summed E-state index contributed by atoms with van der Waals surface area (Å²) in [6.07, 6.45) is 0. The molecule has 3 aromatic rings. The molecule has 0 bridgehead atoms. The van der Waals surface area contributed by atoms with Crippen molar-refractivity contribution in [1.82, 2.24) is 4.31 Å². The van der Waals surface area contributed by atoms with Crippen LogP contribution in [0.25, 0.3) is 11.0 Å². The molecule has 8 heteroatoms. The van der Waals surface area contributed by atoms with Crippen LogP contribution in [0, 0.1) is 13.8 Å². The Bertz CT molecular complexity index is 1240. The van der Waals surface area contributed by atoms with Crippen molar-refractivity contribution in [2.75, 3.05) is 14.1 Å².